The molecule has 1 aromatic carbocycles. The molecule has 3 aliphatic rings. The molecule has 4 rings (SSSR count). The van der Waals surface area contributed by atoms with Crippen LogP contribution in [0.2, 0.25) is 0 Å². The molecule has 38 heavy (non-hydrogen) atoms. The second-order valence-electron chi connectivity index (χ2n) is 10.7. The molecular formula is C28H43N5O5. The normalized spacial score (nSPS) is 20.9. The van der Waals surface area contributed by atoms with E-state index in [4.69, 9.17) is 4.74 Å². The Morgan fingerprint density at radius 2 is 1.47 bits per heavy atom. The molecule has 3 saturated heterocycles. The fraction of sp³-hybridized carbons (Fsp3) is 0.643. The van der Waals surface area contributed by atoms with Crippen molar-refractivity contribution in [3.8, 4) is 0 Å². The van der Waals surface area contributed by atoms with E-state index in [1.165, 1.54) is 0 Å². The summed E-state index contributed by atoms with van der Waals surface area (Å²) in [5.41, 5.74) is 1.47. The number of hydrogen-bond donors (Lipinski definition) is 1. The maximum atomic E-state index is 12.9. The summed E-state index contributed by atoms with van der Waals surface area (Å²) in [6.45, 7) is 15.2. The summed E-state index contributed by atoms with van der Waals surface area (Å²) in [6.07, 6.45) is 0.615. The Labute approximate surface area is 226 Å². The Bertz CT molecular complexity index is 974. The van der Waals surface area contributed by atoms with Crippen molar-refractivity contribution >= 4 is 29.5 Å². The molecule has 0 radical (unpaired) electrons. The van der Waals surface area contributed by atoms with E-state index in [1.54, 1.807) is 4.90 Å². The molecule has 1 aromatic rings. The van der Waals surface area contributed by atoms with E-state index in [2.05, 4.69) is 15.1 Å². The fourth-order valence-electron chi connectivity index (χ4n) is 4.85. The highest BCUT2D eigenvalue weighted by atomic mass is 16.6. The van der Waals surface area contributed by atoms with E-state index in [0.29, 0.717) is 58.7 Å². The van der Waals surface area contributed by atoms with Gasteiger partial charge in [0.25, 0.3) is 0 Å². The third kappa shape index (κ3) is 7.93. The second kappa shape index (κ2) is 13.1. The monoisotopic (exact) mass is 529 g/mol. The van der Waals surface area contributed by atoms with Gasteiger partial charge in [0, 0.05) is 64.5 Å². The fourth-order valence-corrected chi connectivity index (χ4v) is 4.85. The van der Waals surface area contributed by atoms with Gasteiger partial charge in [0.2, 0.25) is 17.7 Å². The molecule has 210 valence electrons. The lowest BCUT2D eigenvalue weighted by atomic mass is 9.90. The predicted octanol–water partition coefficient (Wildman–Crippen LogP) is 2.43. The van der Waals surface area contributed by atoms with Crippen molar-refractivity contribution in [2.45, 2.75) is 59.0 Å². The number of nitrogens with zero attached hydrogens (tertiary/aromatic N) is 4. The van der Waals surface area contributed by atoms with E-state index >= 15 is 0 Å². The summed E-state index contributed by atoms with van der Waals surface area (Å²) < 4.78 is 5.44. The number of piperazine rings is 2. The van der Waals surface area contributed by atoms with Gasteiger partial charge in [-0.25, -0.2) is 4.79 Å². The summed E-state index contributed by atoms with van der Waals surface area (Å²) in [6, 6.07) is 7.95. The summed E-state index contributed by atoms with van der Waals surface area (Å²) in [4.78, 5) is 56.6. The molecule has 1 N–H and O–H groups in total. The number of rotatable bonds is 4. The van der Waals surface area contributed by atoms with Crippen LogP contribution < -0.4 is 10.2 Å². The number of nitrogens with one attached hydrogen (secondary N) is 1. The lowest BCUT2D eigenvalue weighted by Crippen LogP contribution is -2.54. The molecule has 0 aliphatic carbocycles. The lowest BCUT2D eigenvalue weighted by molar-refractivity contribution is -0.135. The van der Waals surface area contributed by atoms with E-state index < -0.39 is 5.60 Å². The van der Waals surface area contributed by atoms with Gasteiger partial charge in [-0.05, 0) is 44.9 Å². The van der Waals surface area contributed by atoms with Crippen LogP contribution in [0.15, 0.2) is 24.3 Å². The average Bonchev–Trinajstić information content (AvgIpc) is 2.89. The van der Waals surface area contributed by atoms with Crippen LogP contribution in [0.3, 0.4) is 0 Å². The standard InChI is InChI=1S/C26H37N5O5.C2H6/c1-26(2,3)36-25(35)31-12-10-28(11-13-31)18-23(33)30-16-14-29(15-17-30)20-6-4-19(5-7-20)21-8-9-22(32)27-24(21)34;1-2/h4-7,21H,8-18H2,1-3H3,(H,27,32,34);1-2H3. The van der Waals surface area contributed by atoms with Gasteiger partial charge in [0.1, 0.15) is 5.60 Å². The predicted molar refractivity (Wildman–Crippen MR) is 146 cm³/mol. The van der Waals surface area contributed by atoms with Crippen LogP contribution >= 0.6 is 0 Å². The minimum Gasteiger partial charge on any atom is -0.444 e. The summed E-state index contributed by atoms with van der Waals surface area (Å²) in [5, 5.41) is 2.41. The molecule has 0 aromatic heterocycles. The minimum absolute atomic E-state index is 0.119. The second-order valence-corrected chi connectivity index (χ2v) is 10.7. The zero-order valence-corrected chi connectivity index (χ0v) is 23.5. The molecule has 1 unspecified atom stereocenters. The summed E-state index contributed by atoms with van der Waals surface area (Å²) >= 11 is 0. The highest BCUT2D eigenvalue weighted by Crippen LogP contribution is 2.27. The van der Waals surface area contributed by atoms with Gasteiger partial charge in [0.15, 0.2) is 0 Å². The van der Waals surface area contributed by atoms with Crippen LogP contribution in [0.1, 0.15) is 58.9 Å². The van der Waals surface area contributed by atoms with Gasteiger partial charge in [-0.2, -0.15) is 0 Å². The number of anilines is 1. The maximum absolute atomic E-state index is 12.9. The molecule has 3 aliphatic heterocycles. The highest BCUT2D eigenvalue weighted by Gasteiger charge is 2.30. The third-order valence-corrected chi connectivity index (χ3v) is 6.92. The molecule has 4 amide bonds. The Balaban J connectivity index is 0.00000195. The number of piperidine rings is 1. The molecule has 10 heteroatoms. The minimum atomic E-state index is -0.512. The van der Waals surface area contributed by atoms with Gasteiger partial charge in [-0.15, -0.1) is 0 Å². The van der Waals surface area contributed by atoms with Crippen molar-refractivity contribution in [1.29, 1.82) is 0 Å². The van der Waals surface area contributed by atoms with Crippen molar-refractivity contribution < 1.29 is 23.9 Å². The summed E-state index contributed by atoms with van der Waals surface area (Å²) in [5.74, 6) is -0.591. The van der Waals surface area contributed by atoms with Crippen LogP contribution in [0.4, 0.5) is 10.5 Å². The van der Waals surface area contributed by atoms with Crippen LogP contribution in [-0.2, 0) is 19.1 Å². The zero-order chi connectivity index (χ0) is 27.9. The van der Waals surface area contributed by atoms with Crippen LogP contribution in [0.5, 0.6) is 0 Å². The molecule has 0 saturated carbocycles. The van der Waals surface area contributed by atoms with Crippen molar-refractivity contribution in [2.24, 2.45) is 0 Å². The van der Waals surface area contributed by atoms with Crippen LogP contribution in [0, 0.1) is 0 Å². The largest absolute Gasteiger partial charge is 0.444 e. The topological polar surface area (TPSA) is 102 Å². The smallest absolute Gasteiger partial charge is 0.410 e. The molecule has 10 nitrogen and oxygen atoms in total. The number of amides is 4. The first kappa shape index (κ1) is 29.4. The Morgan fingerprint density at radius 3 is 2.03 bits per heavy atom. The molecule has 1 atom stereocenters. The first-order chi connectivity index (χ1) is 18.1. The van der Waals surface area contributed by atoms with E-state index in [1.807, 2.05) is 63.8 Å². The highest BCUT2D eigenvalue weighted by molar-refractivity contribution is 6.00. The van der Waals surface area contributed by atoms with Crippen molar-refractivity contribution in [2.75, 3.05) is 63.8 Å². The first-order valence-electron chi connectivity index (χ1n) is 13.8. The quantitative estimate of drug-likeness (QED) is 0.598. The number of carbonyl (C=O) groups excluding carboxylic acids is 4. The molecule has 3 fully saturated rings. The van der Waals surface area contributed by atoms with E-state index in [0.717, 1.165) is 24.3 Å². The molecule has 0 bridgehead atoms. The molecular weight excluding hydrogens is 486 g/mol. The number of hydrogen-bond acceptors (Lipinski definition) is 7. The van der Waals surface area contributed by atoms with E-state index in [9.17, 15) is 19.2 Å². The zero-order valence-electron chi connectivity index (χ0n) is 23.5. The van der Waals surface area contributed by atoms with Gasteiger partial charge in [-0.1, -0.05) is 26.0 Å². The van der Waals surface area contributed by atoms with Crippen molar-refractivity contribution in [1.82, 2.24) is 20.0 Å². The van der Waals surface area contributed by atoms with E-state index in [-0.39, 0.29) is 29.7 Å². The number of benzene rings is 1. The maximum Gasteiger partial charge on any atom is 0.410 e. The Kier molecular flexibility index (Phi) is 10.1. The molecule has 0 spiro atoms. The third-order valence-electron chi connectivity index (χ3n) is 6.92. The SMILES string of the molecule is CC.CC(C)(C)OC(=O)N1CCN(CC(=O)N2CCN(c3ccc(C4CCC(=O)NC4=O)cc3)CC2)CC1. The first-order valence-corrected chi connectivity index (χ1v) is 13.8. The van der Waals surface area contributed by atoms with Crippen molar-refractivity contribution in [3.05, 3.63) is 29.8 Å². The number of imide groups is 1. The lowest BCUT2D eigenvalue weighted by Gasteiger charge is -2.39. The van der Waals surface area contributed by atoms with Crippen LogP contribution in [0.25, 0.3) is 0 Å². The number of carbonyl (C=O) groups is 4. The summed E-state index contributed by atoms with van der Waals surface area (Å²) in [7, 11) is 0. The van der Waals surface area contributed by atoms with Crippen LogP contribution in [-0.4, -0.2) is 103 Å². The molecule has 3 heterocycles. The Hall–Kier alpha value is -3.14. The number of ether oxygens (including phenoxy) is 1. The van der Waals surface area contributed by atoms with Gasteiger partial charge < -0.3 is 19.4 Å². The van der Waals surface area contributed by atoms with Crippen molar-refractivity contribution in [3.63, 3.8) is 0 Å². The van der Waals surface area contributed by atoms with Gasteiger partial charge >= 0.3 is 6.09 Å². The Morgan fingerprint density at radius 1 is 0.895 bits per heavy atom. The average molecular weight is 530 g/mol. The van der Waals surface area contributed by atoms with Gasteiger partial charge in [-0.3, -0.25) is 24.6 Å². The van der Waals surface area contributed by atoms with Gasteiger partial charge in [0.05, 0.1) is 12.5 Å².